The number of hydrogen-bond acceptors (Lipinski definition) is 4. The van der Waals surface area contributed by atoms with Crippen LogP contribution in [-0.2, 0) is 13.6 Å². The van der Waals surface area contributed by atoms with Crippen LogP contribution in [0.5, 0.6) is 0 Å². The largest absolute Gasteiger partial charge is 0.756 e. The van der Waals surface area contributed by atoms with E-state index in [0.29, 0.717) is 12.8 Å². The molecule has 0 aromatic heterocycles. The summed E-state index contributed by atoms with van der Waals surface area (Å²) in [6.45, 7) is 2.48. The first kappa shape index (κ1) is 22.6. The number of halogens is 7. The summed E-state index contributed by atoms with van der Waals surface area (Å²) >= 11 is 0. The minimum absolute atomic E-state index is 0.300. The van der Waals surface area contributed by atoms with Gasteiger partial charge in [-0.3, -0.25) is 4.57 Å². The van der Waals surface area contributed by atoms with E-state index in [1.807, 2.05) is 0 Å². The maximum Gasteiger partial charge on any atom is 0.459 e. The lowest BCUT2D eigenvalue weighted by molar-refractivity contribution is -0.358. The van der Waals surface area contributed by atoms with Crippen molar-refractivity contribution in [1.82, 2.24) is 0 Å². The second kappa shape index (κ2) is 8.13. The summed E-state index contributed by atoms with van der Waals surface area (Å²) in [5.74, 6) is -11.8. The lowest BCUT2D eigenvalue weighted by Crippen LogP contribution is -2.53. The SMILES string of the molecule is CCCCOP(=O)([O-])OC(CC)CC(F)(F)C(F)(F)C(F)(F)F. The molecule has 0 fully saturated rings. The molecule has 2 atom stereocenters. The average molecular weight is 377 g/mol. The molecule has 0 aliphatic carbocycles. The van der Waals surface area contributed by atoms with Crippen molar-refractivity contribution in [2.45, 2.75) is 63.7 Å². The van der Waals surface area contributed by atoms with Gasteiger partial charge in [0.2, 0.25) is 0 Å². The van der Waals surface area contributed by atoms with E-state index >= 15 is 0 Å². The standard InChI is InChI=1S/C11H18F7O4P/c1-3-5-6-21-23(19,20)22-8(4-2)7-9(12,13)10(14,15)11(16,17)18/h8H,3-7H2,1-2H3,(H,19,20)/p-1. The van der Waals surface area contributed by atoms with E-state index in [2.05, 4.69) is 9.05 Å². The zero-order valence-electron chi connectivity index (χ0n) is 12.3. The lowest BCUT2D eigenvalue weighted by Gasteiger charge is -2.33. The van der Waals surface area contributed by atoms with Crippen molar-refractivity contribution < 1.29 is 49.2 Å². The number of rotatable bonds is 10. The Morgan fingerprint density at radius 1 is 1.09 bits per heavy atom. The molecule has 2 unspecified atom stereocenters. The van der Waals surface area contributed by atoms with Crippen molar-refractivity contribution in [2.75, 3.05) is 6.61 Å². The third-order valence-corrected chi connectivity index (χ3v) is 3.84. The Morgan fingerprint density at radius 2 is 1.61 bits per heavy atom. The predicted molar refractivity (Wildman–Crippen MR) is 64.2 cm³/mol. The van der Waals surface area contributed by atoms with Crippen molar-refractivity contribution in [3.8, 4) is 0 Å². The van der Waals surface area contributed by atoms with Gasteiger partial charge < -0.3 is 13.9 Å². The van der Waals surface area contributed by atoms with E-state index in [-0.39, 0.29) is 6.61 Å². The molecule has 0 aliphatic heterocycles. The first-order valence-electron chi connectivity index (χ1n) is 6.66. The first-order chi connectivity index (χ1) is 10.2. The van der Waals surface area contributed by atoms with Crippen LogP contribution in [-0.4, -0.2) is 30.7 Å². The van der Waals surface area contributed by atoms with E-state index in [0.717, 1.165) is 6.92 Å². The van der Waals surface area contributed by atoms with Crippen molar-refractivity contribution in [2.24, 2.45) is 0 Å². The zero-order chi connectivity index (χ0) is 18.5. The molecule has 23 heavy (non-hydrogen) atoms. The molecule has 0 saturated heterocycles. The van der Waals surface area contributed by atoms with Gasteiger partial charge in [0, 0.05) is 6.42 Å². The average Bonchev–Trinajstić information content (AvgIpc) is 2.35. The molecule has 0 radical (unpaired) electrons. The molecule has 0 spiro atoms. The molecule has 12 heteroatoms. The molecule has 0 aliphatic rings. The highest BCUT2D eigenvalue weighted by Crippen LogP contribution is 2.50. The number of unbranched alkanes of at least 4 members (excludes halogenated alkanes) is 1. The van der Waals surface area contributed by atoms with Crippen LogP contribution in [0.4, 0.5) is 30.7 Å². The highest BCUT2D eigenvalue weighted by Gasteiger charge is 2.72. The number of phosphoric ester groups is 1. The molecule has 4 nitrogen and oxygen atoms in total. The van der Waals surface area contributed by atoms with Crippen LogP contribution in [0.3, 0.4) is 0 Å². The Labute approximate surface area is 128 Å². The molecular formula is C11H17F7O4P-. The zero-order valence-corrected chi connectivity index (χ0v) is 13.2. The van der Waals surface area contributed by atoms with Gasteiger partial charge in [0.1, 0.15) is 0 Å². The summed E-state index contributed by atoms with van der Waals surface area (Å²) in [6.07, 6.45) is -10.4. The minimum atomic E-state index is -6.48. The van der Waals surface area contributed by atoms with E-state index in [1.54, 1.807) is 6.92 Å². The van der Waals surface area contributed by atoms with Gasteiger partial charge >= 0.3 is 18.0 Å². The maximum atomic E-state index is 13.2. The smallest absolute Gasteiger partial charge is 0.459 e. The Bertz CT molecular complexity index is 414. The van der Waals surface area contributed by atoms with Crippen LogP contribution in [0.1, 0.15) is 39.5 Å². The molecule has 0 N–H and O–H groups in total. The van der Waals surface area contributed by atoms with Crippen LogP contribution < -0.4 is 4.89 Å². The molecule has 0 bridgehead atoms. The summed E-state index contributed by atoms with van der Waals surface area (Å²) in [7, 11) is -5.08. The Balaban J connectivity index is 4.97. The van der Waals surface area contributed by atoms with Gasteiger partial charge in [-0.2, -0.15) is 30.7 Å². The van der Waals surface area contributed by atoms with E-state index < -0.39 is 44.8 Å². The van der Waals surface area contributed by atoms with Gasteiger partial charge in [0.15, 0.2) is 0 Å². The quantitative estimate of drug-likeness (QED) is 0.324. The summed E-state index contributed by atoms with van der Waals surface area (Å²) in [5.41, 5.74) is 0. The molecule has 0 amide bonds. The molecule has 0 heterocycles. The van der Waals surface area contributed by atoms with Gasteiger partial charge in [-0.1, -0.05) is 20.3 Å². The fraction of sp³-hybridized carbons (Fsp3) is 1.00. The van der Waals surface area contributed by atoms with Crippen LogP contribution >= 0.6 is 7.82 Å². The van der Waals surface area contributed by atoms with Gasteiger partial charge in [0.25, 0.3) is 7.82 Å². The predicted octanol–water partition coefficient (Wildman–Crippen LogP) is 4.29. The number of phosphoric acid groups is 1. The maximum absolute atomic E-state index is 13.2. The van der Waals surface area contributed by atoms with Gasteiger partial charge in [-0.05, 0) is 12.8 Å². The van der Waals surface area contributed by atoms with E-state index in [9.17, 15) is 40.2 Å². The second-order valence-electron chi connectivity index (χ2n) is 4.75. The Morgan fingerprint density at radius 3 is 2.00 bits per heavy atom. The summed E-state index contributed by atoms with van der Waals surface area (Å²) in [6, 6.07) is 0. The highest BCUT2D eigenvalue weighted by molar-refractivity contribution is 7.45. The molecule has 0 aromatic rings. The van der Waals surface area contributed by atoms with Crippen LogP contribution in [0, 0.1) is 0 Å². The van der Waals surface area contributed by atoms with Crippen LogP contribution in [0.25, 0.3) is 0 Å². The van der Waals surface area contributed by atoms with Gasteiger partial charge in [0.05, 0.1) is 12.7 Å². The Kier molecular flexibility index (Phi) is 8.00. The van der Waals surface area contributed by atoms with Crippen molar-refractivity contribution in [3.05, 3.63) is 0 Å². The van der Waals surface area contributed by atoms with E-state index in [1.165, 1.54) is 0 Å². The van der Waals surface area contributed by atoms with Crippen molar-refractivity contribution in [3.63, 3.8) is 0 Å². The van der Waals surface area contributed by atoms with E-state index in [4.69, 9.17) is 0 Å². The third-order valence-electron chi connectivity index (χ3n) is 2.78. The third kappa shape index (κ3) is 6.56. The van der Waals surface area contributed by atoms with Crippen LogP contribution in [0.15, 0.2) is 0 Å². The summed E-state index contributed by atoms with van der Waals surface area (Å²) < 4.78 is 108. The van der Waals surface area contributed by atoms with Gasteiger partial charge in [-0.15, -0.1) is 0 Å². The lowest BCUT2D eigenvalue weighted by atomic mass is 10.0. The topological polar surface area (TPSA) is 58.6 Å². The van der Waals surface area contributed by atoms with Crippen molar-refractivity contribution in [1.29, 1.82) is 0 Å². The first-order valence-corrected chi connectivity index (χ1v) is 8.12. The molecule has 140 valence electrons. The second-order valence-corrected chi connectivity index (χ2v) is 6.11. The number of hydrogen-bond donors (Lipinski definition) is 0. The molecule has 0 aromatic carbocycles. The fourth-order valence-electron chi connectivity index (χ4n) is 1.41. The molecule has 0 rings (SSSR count). The van der Waals surface area contributed by atoms with Crippen LogP contribution in [0.2, 0.25) is 0 Å². The summed E-state index contributed by atoms with van der Waals surface area (Å²) in [4.78, 5) is 11.3. The minimum Gasteiger partial charge on any atom is -0.756 e. The fourth-order valence-corrected chi connectivity index (χ4v) is 2.41. The monoisotopic (exact) mass is 377 g/mol. The molecular weight excluding hydrogens is 360 g/mol. The summed E-state index contributed by atoms with van der Waals surface area (Å²) in [5, 5.41) is 0. The Hall–Kier alpha value is -0.380. The van der Waals surface area contributed by atoms with Crippen molar-refractivity contribution >= 4 is 7.82 Å². The number of alkyl halides is 7. The highest BCUT2D eigenvalue weighted by atomic mass is 31.2. The van der Waals surface area contributed by atoms with Gasteiger partial charge in [-0.25, -0.2) is 0 Å². The normalized spacial score (nSPS) is 17.8. The molecule has 0 saturated carbocycles.